The number of hydrogen-bond acceptors (Lipinski definition) is 3. The van der Waals surface area contributed by atoms with E-state index in [1.807, 2.05) is 19.1 Å². The molecule has 0 saturated heterocycles. The lowest BCUT2D eigenvalue weighted by Crippen LogP contribution is -2.08. The summed E-state index contributed by atoms with van der Waals surface area (Å²) in [6, 6.07) is 9.09. The zero-order chi connectivity index (χ0) is 18.4. The van der Waals surface area contributed by atoms with Crippen molar-refractivity contribution in [2.24, 2.45) is 0 Å². The van der Waals surface area contributed by atoms with Crippen molar-refractivity contribution in [3.63, 3.8) is 0 Å². The highest BCUT2D eigenvalue weighted by Gasteiger charge is 2.14. The van der Waals surface area contributed by atoms with E-state index in [0.717, 1.165) is 16.5 Å². The molecular weight excluding hydrogens is 371 g/mol. The van der Waals surface area contributed by atoms with Crippen molar-refractivity contribution in [3.8, 4) is 0 Å². The Morgan fingerprint density at radius 2 is 1.92 bits per heavy atom. The highest BCUT2D eigenvalue weighted by Crippen LogP contribution is 2.33. The number of H-pyrrole nitrogens is 2. The minimum atomic E-state index is -0.208. The monoisotopic (exact) mass is 384 g/mol. The van der Waals surface area contributed by atoms with Gasteiger partial charge in [-0.2, -0.15) is 0 Å². The van der Waals surface area contributed by atoms with E-state index >= 15 is 0 Å². The smallest absolute Gasteiger partial charge is 0.258 e. The molecule has 2 heterocycles. The quantitative estimate of drug-likeness (QED) is 0.442. The average molecular weight is 385 g/mol. The standard InChI is InChI=1S/C19H14Cl2N4O/c1-3-10-8-11-9(2)7-14-17(15(11)18(26)22-10)25-19(23-14)24-16-12(20)5-4-6-13(16)21/h3-8H,1H2,2H3,(H,22,26)(H2,23,24,25). The Labute approximate surface area is 158 Å². The van der Waals surface area contributed by atoms with Crippen LogP contribution in [0.1, 0.15) is 11.3 Å². The molecule has 4 aromatic rings. The second-order valence-corrected chi connectivity index (χ2v) is 6.76. The van der Waals surface area contributed by atoms with Crippen LogP contribution in [0, 0.1) is 6.92 Å². The SMILES string of the molecule is C=Cc1cc2c(C)cc3[nH]c(Nc4c(Cl)cccc4Cl)nc3c2c(=O)[nH]1. The molecule has 0 aliphatic rings. The lowest BCUT2D eigenvalue weighted by atomic mass is 10.0. The molecule has 0 fully saturated rings. The molecule has 5 nitrogen and oxygen atoms in total. The normalized spacial score (nSPS) is 11.2. The number of nitrogens with zero attached hydrogens (tertiary/aromatic N) is 1. The molecule has 0 unspecified atom stereocenters. The summed E-state index contributed by atoms with van der Waals surface area (Å²) in [5.74, 6) is 0.453. The highest BCUT2D eigenvalue weighted by molar-refractivity contribution is 6.39. The van der Waals surface area contributed by atoms with Crippen LogP contribution in [0.4, 0.5) is 11.6 Å². The molecule has 0 atom stereocenters. The van der Waals surface area contributed by atoms with Gasteiger partial charge in [0.2, 0.25) is 5.95 Å². The number of nitrogens with one attached hydrogen (secondary N) is 3. The van der Waals surface area contributed by atoms with Crippen LogP contribution < -0.4 is 10.9 Å². The molecule has 3 N–H and O–H groups in total. The number of pyridine rings is 1. The number of halogens is 2. The van der Waals surface area contributed by atoms with Gasteiger partial charge in [0, 0.05) is 5.69 Å². The summed E-state index contributed by atoms with van der Waals surface area (Å²) < 4.78 is 0. The highest BCUT2D eigenvalue weighted by atomic mass is 35.5. The fraction of sp³-hybridized carbons (Fsp3) is 0.0526. The predicted octanol–water partition coefficient (Wildman–Crippen LogP) is 5.41. The molecule has 0 saturated carbocycles. The second-order valence-electron chi connectivity index (χ2n) is 5.94. The van der Waals surface area contributed by atoms with Gasteiger partial charge >= 0.3 is 0 Å². The summed E-state index contributed by atoms with van der Waals surface area (Å²) in [5, 5.41) is 5.42. The Morgan fingerprint density at radius 1 is 1.19 bits per heavy atom. The van der Waals surface area contributed by atoms with Gasteiger partial charge in [0.15, 0.2) is 0 Å². The number of fused-ring (bicyclic) bond motifs is 3. The van der Waals surface area contributed by atoms with E-state index in [2.05, 4.69) is 26.8 Å². The van der Waals surface area contributed by atoms with Gasteiger partial charge in [-0.3, -0.25) is 4.79 Å². The fourth-order valence-electron chi connectivity index (χ4n) is 3.01. The number of aromatic nitrogens is 3. The maximum absolute atomic E-state index is 12.6. The molecule has 0 bridgehead atoms. The van der Waals surface area contributed by atoms with Gasteiger partial charge in [-0.15, -0.1) is 0 Å². The third-order valence-corrected chi connectivity index (χ3v) is 4.86. The topological polar surface area (TPSA) is 73.6 Å². The van der Waals surface area contributed by atoms with Gasteiger partial charge in [-0.05, 0) is 48.2 Å². The molecule has 0 amide bonds. The number of benzene rings is 2. The van der Waals surface area contributed by atoms with Crippen molar-refractivity contribution < 1.29 is 0 Å². The minimum Gasteiger partial charge on any atom is -0.324 e. The van der Waals surface area contributed by atoms with Crippen molar-refractivity contribution in [3.05, 3.63) is 68.6 Å². The van der Waals surface area contributed by atoms with Crippen LogP contribution in [0.5, 0.6) is 0 Å². The van der Waals surface area contributed by atoms with Gasteiger partial charge in [0.1, 0.15) is 5.52 Å². The van der Waals surface area contributed by atoms with Gasteiger partial charge in [0.25, 0.3) is 5.56 Å². The van der Waals surface area contributed by atoms with Crippen LogP contribution >= 0.6 is 23.2 Å². The fourth-order valence-corrected chi connectivity index (χ4v) is 3.50. The van der Waals surface area contributed by atoms with Crippen molar-refractivity contribution >= 4 is 62.7 Å². The summed E-state index contributed by atoms with van der Waals surface area (Å²) >= 11 is 12.4. The molecule has 0 radical (unpaired) electrons. The van der Waals surface area contributed by atoms with Crippen LogP contribution in [0.25, 0.3) is 27.9 Å². The van der Waals surface area contributed by atoms with Crippen molar-refractivity contribution in [1.82, 2.24) is 15.0 Å². The van der Waals surface area contributed by atoms with Crippen molar-refractivity contribution in [1.29, 1.82) is 0 Å². The zero-order valence-corrected chi connectivity index (χ0v) is 15.3. The zero-order valence-electron chi connectivity index (χ0n) is 13.8. The van der Waals surface area contributed by atoms with E-state index in [1.54, 1.807) is 24.3 Å². The number of para-hydroxylation sites is 1. The van der Waals surface area contributed by atoms with Crippen LogP contribution in [0.3, 0.4) is 0 Å². The molecule has 0 aliphatic carbocycles. The molecular formula is C19H14Cl2N4O. The Kier molecular flexibility index (Phi) is 3.98. The lowest BCUT2D eigenvalue weighted by molar-refractivity contribution is 1.25. The first-order chi connectivity index (χ1) is 12.5. The Bertz CT molecular complexity index is 1220. The average Bonchev–Trinajstić information content (AvgIpc) is 3.00. The first kappa shape index (κ1) is 16.7. The lowest BCUT2D eigenvalue weighted by Gasteiger charge is -2.06. The van der Waals surface area contributed by atoms with Crippen molar-refractivity contribution in [2.45, 2.75) is 6.92 Å². The summed E-state index contributed by atoms with van der Waals surface area (Å²) in [6.45, 7) is 5.66. The Balaban J connectivity index is 1.94. The predicted molar refractivity (Wildman–Crippen MR) is 109 cm³/mol. The van der Waals surface area contributed by atoms with Crippen LogP contribution in [-0.4, -0.2) is 15.0 Å². The molecule has 2 aromatic carbocycles. The third kappa shape index (κ3) is 2.66. The largest absolute Gasteiger partial charge is 0.324 e. The number of rotatable bonds is 3. The van der Waals surface area contributed by atoms with E-state index in [1.165, 1.54) is 0 Å². The van der Waals surface area contributed by atoms with Crippen LogP contribution in [0.15, 0.2) is 41.7 Å². The van der Waals surface area contributed by atoms with Gasteiger partial charge in [-0.25, -0.2) is 4.98 Å². The van der Waals surface area contributed by atoms with E-state index < -0.39 is 0 Å². The summed E-state index contributed by atoms with van der Waals surface area (Å²) in [4.78, 5) is 23.1. The number of imidazole rings is 1. The summed E-state index contributed by atoms with van der Waals surface area (Å²) in [6.07, 6.45) is 1.61. The molecule has 0 aliphatic heterocycles. The van der Waals surface area contributed by atoms with E-state index in [0.29, 0.717) is 38.3 Å². The molecule has 7 heteroatoms. The van der Waals surface area contributed by atoms with Gasteiger partial charge < -0.3 is 15.3 Å². The van der Waals surface area contributed by atoms with Crippen LogP contribution in [-0.2, 0) is 0 Å². The molecule has 130 valence electrons. The first-order valence-corrected chi connectivity index (χ1v) is 8.63. The Hall–Kier alpha value is -2.76. The second kappa shape index (κ2) is 6.20. The maximum atomic E-state index is 12.6. The first-order valence-electron chi connectivity index (χ1n) is 7.87. The maximum Gasteiger partial charge on any atom is 0.258 e. The molecule has 26 heavy (non-hydrogen) atoms. The van der Waals surface area contributed by atoms with Gasteiger partial charge in [-0.1, -0.05) is 35.8 Å². The summed E-state index contributed by atoms with van der Waals surface area (Å²) in [5.41, 5.74) is 3.30. The van der Waals surface area contributed by atoms with E-state index in [-0.39, 0.29) is 5.56 Å². The molecule has 4 rings (SSSR count). The summed E-state index contributed by atoms with van der Waals surface area (Å²) in [7, 11) is 0. The molecule has 2 aromatic heterocycles. The number of aromatic amines is 2. The van der Waals surface area contributed by atoms with Crippen LogP contribution in [0.2, 0.25) is 10.0 Å². The third-order valence-electron chi connectivity index (χ3n) is 4.23. The minimum absolute atomic E-state index is 0.208. The van der Waals surface area contributed by atoms with E-state index in [9.17, 15) is 4.79 Å². The number of aryl methyl sites for hydroxylation is 1. The Morgan fingerprint density at radius 3 is 2.62 bits per heavy atom. The molecule has 0 spiro atoms. The number of hydrogen-bond donors (Lipinski definition) is 3. The van der Waals surface area contributed by atoms with Gasteiger partial charge in [0.05, 0.1) is 26.6 Å². The van der Waals surface area contributed by atoms with Crippen molar-refractivity contribution in [2.75, 3.05) is 5.32 Å². The number of anilines is 2. The van der Waals surface area contributed by atoms with E-state index in [4.69, 9.17) is 23.2 Å².